The molecule has 0 saturated heterocycles. The molecular weight excluding hydrogens is 463 g/mol. The zero-order chi connectivity index (χ0) is 24.1. The van der Waals surface area contributed by atoms with Gasteiger partial charge in [-0.1, -0.05) is 53.0 Å². The molecule has 0 fully saturated rings. The number of carbonyl (C=O) groups is 1. The monoisotopic (exact) mass is 485 g/mol. The molecule has 0 aliphatic carbocycles. The number of aryl methyl sites for hydroxylation is 3. The van der Waals surface area contributed by atoms with E-state index in [0.29, 0.717) is 22.2 Å². The Labute approximate surface area is 208 Å². The predicted octanol–water partition coefficient (Wildman–Crippen LogP) is 7.64. The summed E-state index contributed by atoms with van der Waals surface area (Å²) in [6, 6.07) is 22.9. The third-order valence-electron chi connectivity index (χ3n) is 6.47. The van der Waals surface area contributed by atoms with Gasteiger partial charge in [0.25, 0.3) is 0 Å². The molecule has 0 saturated carbocycles. The van der Waals surface area contributed by atoms with Crippen LogP contribution in [0.4, 0.5) is 0 Å². The Bertz CT molecular complexity index is 1570. The maximum Gasteiger partial charge on any atom is 0.249 e. The van der Waals surface area contributed by atoms with Crippen LogP contribution in [0.1, 0.15) is 32.6 Å². The third kappa shape index (κ3) is 3.66. The van der Waals surface area contributed by atoms with Crippen molar-refractivity contribution in [3.8, 4) is 11.1 Å². The highest BCUT2D eigenvalue weighted by Crippen LogP contribution is 2.39. The topological polar surface area (TPSA) is 48.0 Å². The Morgan fingerprint density at radius 1 is 0.941 bits per heavy atom. The fourth-order valence-corrected chi connectivity index (χ4v) is 5.58. The van der Waals surface area contributed by atoms with Crippen molar-refractivity contribution in [2.45, 2.75) is 27.3 Å². The number of aromatic nitrogens is 1. The van der Waals surface area contributed by atoms with Gasteiger partial charge in [0, 0.05) is 38.5 Å². The van der Waals surface area contributed by atoms with Gasteiger partial charge in [-0.2, -0.15) is 0 Å². The van der Waals surface area contributed by atoms with Crippen molar-refractivity contribution in [1.29, 1.82) is 0 Å². The third-order valence-corrected chi connectivity index (χ3v) is 7.10. The van der Waals surface area contributed by atoms with Gasteiger partial charge in [0.15, 0.2) is 0 Å². The molecular formula is C29H23Cl2N2O. The van der Waals surface area contributed by atoms with Crippen molar-refractivity contribution in [3.63, 3.8) is 0 Å². The van der Waals surface area contributed by atoms with Crippen LogP contribution in [0.25, 0.3) is 32.9 Å². The quantitative estimate of drug-likeness (QED) is 0.279. The molecule has 4 aromatic carbocycles. The minimum atomic E-state index is -0.459. The average Bonchev–Trinajstić information content (AvgIpc) is 3.09. The molecule has 5 rings (SSSR count). The first kappa shape index (κ1) is 22.5. The van der Waals surface area contributed by atoms with E-state index in [1.54, 1.807) is 6.07 Å². The molecule has 3 nitrogen and oxygen atoms in total. The Hall–Kier alpha value is -3.27. The number of hydrogen-bond acceptors (Lipinski definition) is 1. The Morgan fingerprint density at radius 3 is 2.24 bits per heavy atom. The van der Waals surface area contributed by atoms with E-state index in [-0.39, 0.29) is 0 Å². The lowest BCUT2D eigenvalue weighted by Crippen LogP contribution is -2.11. The molecule has 0 spiro atoms. The minimum absolute atomic E-state index is 0.459. The van der Waals surface area contributed by atoms with Crippen LogP contribution in [-0.2, 0) is 6.54 Å². The molecule has 0 bridgehead atoms. The van der Waals surface area contributed by atoms with Crippen LogP contribution in [-0.4, -0.2) is 10.5 Å². The SMILES string of the molecule is Cc1cc(C)c(Cn2c3cc(-c4c(Cl)cccc4Cl)c[c]c3c3c(C(N)=O)cccc32)c(C)c1. The summed E-state index contributed by atoms with van der Waals surface area (Å²) >= 11 is 13.0. The number of fused-ring (bicyclic) bond motifs is 3. The highest BCUT2D eigenvalue weighted by Gasteiger charge is 2.19. The number of halogens is 2. The second-order valence-electron chi connectivity index (χ2n) is 8.77. The Morgan fingerprint density at radius 2 is 1.59 bits per heavy atom. The van der Waals surface area contributed by atoms with Crippen molar-refractivity contribution >= 4 is 50.9 Å². The minimum Gasteiger partial charge on any atom is -0.366 e. The van der Waals surface area contributed by atoms with Crippen LogP contribution >= 0.6 is 23.2 Å². The fourth-order valence-electron chi connectivity index (χ4n) is 4.97. The van der Waals surface area contributed by atoms with Crippen molar-refractivity contribution in [3.05, 3.63) is 105 Å². The smallest absolute Gasteiger partial charge is 0.249 e. The number of nitrogens with two attached hydrogens (primary N) is 1. The molecule has 0 atom stereocenters. The molecule has 5 aromatic rings. The summed E-state index contributed by atoms with van der Waals surface area (Å²) in [6.07, 6.45) is 0. The summed E-state index contributed by atoms with van der Waals surface area (Å²) in [6.45, 7) is 7.03. The Balaban J connectivity index is 1.85. The fraction of sp³-hybridized carbons (Fsp3) is 0.138. The van der Waals surface area contributed by atoms with Crippen LogP contribution in [0.5, 0.6) is 0 Å². The molecule has 1 aromatic heterocycles. The second-order valence-corrected chi connectivity index (χ2v) is 9.59. The number of nitrogens with zero attached hydrogens (tertiary/aromatic N) is 1. The zero-order valence-corrected chi connectivity index (χ0v) is 20.7. The van der Waals surface area contributed by atoms with E-state index in [2.05, 4.69) is 49.6 Å². The summed E-state index contributed by atoms with van der Waals surface area (Å²) in [4.78, 5) is 12.3. The van der Waals surface area contributed by atoms with E-state index in [1.807, 2.05) is 36.4 Å². The van der Waals surface area contributed by atoms with Crippen LogP contribution in [0, 0.1) is 26.8 Å². The van der Waals surface area contributed by atoms with Gasteiger partial charge in [-0.3, -0.25) is 4.79 Å². The van der Waals surface area contributed by atoms with E-state index in [4.69, 9.17) is 28.9 Å². The maximum atomic E-state index is 12.3. The lowest BCUT2D eigenvalue weighted by atomic mass is 9.99. The van der Waals surface area contributed by atoms with Crippen molar-refractivity contribution in [2.24, 2.45) is 5.73 Å². The van der Waals surface area contributed by atoms with Gasteiger partial charge < -0.3 is 10.3 Å². The summed E-state index contributed by atoms with van der Waals surface area (Å²) in [7, 11) is 0. The molecule has 1 radical (unpaired) electrons. The first-order valence-corrected chi connectivity index (χ1v) is 11.8. The summed E-state index contributed by atoms with van der Waals surface area (Å²) in [5.74, 6) is -0.459. The highest BCUT2D eigenvalue weighted by molar-refractivity contribution is 6.39. The first-order chi connectivity index (χ1) is 16.3. The lowest BCUT2D eigenvalue weighted by molar-refractivity contribution is 0.100. The van der Waals surface area contributed by atoms with E-state index in [9.17, 15) is 4.79 Å². The molecule has 5 heteroatoms. The molecule has 1 amide bonds. The summed E-state index contributed by atoms with van der Waals surface area (Å²) in [5.41, 5.74) is 14.7. The lowest BCUT2D eigenvalue weighted by Gasteiger charge is -2.15. The van der Waals surface area contributed by atoms with Gasteiger partial charge in [0.2, 0.25) is 5.91 Å². The van der Waals surface area contributed by atoms with E-state index in [1.165, 1.54) is 22.3 Å². The van der Waals surface area contributed by atoms with E-state index >= 15 is 0 Å². The summed E-state index contributed by atoms with van der Waals surface area (Å²) in [5, 5.41) is 2.81. The maximum absolute atomic E-state index is 12.3. The van der Waals surface area contributed by atoms with E-state index in [0.717, 1.165) is 32.9 Å². The number of benzene rings is 4. The average molecular weight is 486 g/mol. The largest absolute Gasteiger partial charge is 0.366 e. The normalized spacial score (nSPS) is 11.4. The number of rotatable bonds is 4. The molecule has 1 heterocycles. The first-order valence-electron chi connectivity index (χ1n) is 11.0. The Kier molecular flexibility index (Phi) is 5.63. The second kappa shape index (κ2) is 8.50. The van der Waals surface area contributed by atoms with Gasteiger partial charge in [-0.15, -0.1) is 0 Å². The highest BCUT2D eigenvalue weighted by atomic mass is 35.5. The number of hydrogen-bond donors (Lipinski definition) is 1. The standard InChI is InChI=1S/C29H23Cl2N2O/c1-16-12-17(2)22(18(3)13-16)15-33-25-9-4-6-21(29(32)34)28(25)20-11-10-19(14-26(20)33)27-23(30)7-5-8-24(27)31/h4-10,12-14H,15H2,1-3H3,(H2,32,34). The molecule has 2 N–H and O–H groups in total. The molecule has 0 unspecified atom stereocenters. The van der Waals surface area contributed by atoms with Crippen molar-refractivity contribution in [2.75, 3.05) is 0 Å². The van der Waals surface area contributed by atoms with Gasteiger partial charge in [-0.05, 0) is 85.5 Å². The molecule has 34 heavy (non-hydrogen) atoms. The van der Waals surface area contributed by atoms with Gasteiger partial charge in [-0.25, -0.2) is 0 Å². The van der Waals surface area contributed by atoms with Gasteiger partial charge >= 0.3 is 0 Å². The van der Waals surface area contributed by atoms with Crippen LogP contribution in [0.2, 0.25) is 10.0 Å². The number of amides is 1. The van der Waals surface area contributed by atoms with Gasteiger partial charge in [0.1, 0.15) is 0 Å². The molecule has 0 aliphatic heterocycles. The molecule has 169 valence electrons. The zero-order valence-electron chi connectivity index (χ0n) is 19.2. The van der Waals surface area contributed by atoms with Crippen LogP contribution in [0.15, 0.2) is 60.7 Å². The van der Waals surface area contributed by atoms with Crippen molar-refractivity contribution in [1.82, 2.24) is 4.57 Å². The predicted molar refractivity (Wildman–Crippen MR) is 142 cm³/mol. The van der Waals surface area contributed by atoms with Crippen LogP contribution < -0.4 is 5.73 Å². The van der Waals surface area contributed by atoms with E-state index < -0.39 is 5.91 Å². The van der Waals surface area contributed by atoms with Crippen LogP contribution in [0.3, 0.4) is 0 Å². The molecule has 0 aliphatic rings. The number of carbonyl (C=O) groups excluding carboxylic acids is 1. The number of primary amides is 1. The van der Waals surface area contributed by atoms with Crippen molar-refractivity contribution < 1.29 is 4.79 Å². The summed E-state index contributed by atoms with van der Waals surface area (Å²) < 4.78 is 2.23. The van der Waals surface area contributed by atoms with Gasteiger partial charge in [0.05, 0.1) is 11.0 Å².